The molecule has 0 spiro atoms. The Morgan fingerprint density at radius 3 is 1.57 bits per heavy atom. The highest BCUT2D eigenvalue weighted by Crippen LogP contribution is 2.35. The van der Waals surface area contributed by atoms with E-state index in [9.17, 15) is 0 Å². The van der Waals surface area contributed by atoms with Gasteiger partial charge in [-0.05, 0) is 97.0 Å². The Bertz CT molecular complexity index is 1320. The summed E-state index contributed by atoms with van der Waals surface area (Å²) in [5, 5.41) is 0. The van der Waals surface area contributed by atoms with E-state index in [4.69, 9.17) is 11.5 Å². The Morgan fingerprint density at radius 2 is 1.03 bits per heavy atom. The van der Waals surface area contributed by atoms with Crippen LogP contribution in [0.3, 0.4) is 0 Å². The molecule has 1 aliphatic rings. The maximum atomic E-state index is 5.84. The van der Waals surface area contributed by atoms with Gasteiger partial charge in [0.1, 0.15) is 0 Å². The predicted octanol–water partition coefficient (Wildman–Crippen LogP) is 7.43. The van der Waals surface area contributed by atoms with Gasteiger partial charge in [0.15, 0.2) is 0 Å². The van der Waals surface area contributed by atoms with E-state index in [-0.39, 0.29) is 0 Å². The summed E-state index contributed by atoms with van der Waals surface area (Å²) in [6, 6.07) is 35.9. The molecular formula is C32H31N3. The van der Waals surface area contributed by atoms with Crippen molar-refractivity contribution in [2.24, 2.45) is 0 Å². The molecule has 4 N–H and O–H groups in total. The zero-order valence-corrected chi connectivity index (χ0v) is 19.9. The molecule has 0 aliphatic heterocycles. The van der Waals surface area contributed by atoms with Gasteiger partial charge < -0.3 is 16.4 Å². The Morgan fingerprint density at radius 1 is 0.514 bits per heavy atom. The van der Waals surface area contributed by atoms with Gasteiger partial charge in [0.05, 0.1) is 0 Å². The topological polar surface area (TPSA) is 55.3 Å². The number of nitrogens with two attached hydrogens (primary N) is 2. The summed E-state index contributed by atoms with van der Waals surface area (Å²) in [5.74, 6) is 0. The average molecular weight is 458 g/mol. The molecule has 0 unspecified atom stereocenters. The first-order chi connectivity index (χ1) is 17.1. The number of hydrogen-bond donors (Lipinski definition) is 2. The van der Waals surface area contributed by atoms with E-state index >= 15 is 0 Å². The largest absolute Gasteiger partial charge is 0.399 e. The molecule has 0 bridgehead atoms. The quantitative estimate of drug-likeness (QED) is 0.284. The van der Waals surface area contributed by atoms with Crippen LogP contribution in [-0.4, -0.2) is 0 Å². The second-order valence-corrected chi connectivity index (χ2v) is 9.16. The van der Waals surface area contributed by atoms with Crippen molar-refractivity contribution in [3.63, 3.8) is 0 Å². The third-order valence-electron chi connectivity index (χ3n) is 6.51. The third-order valence-corrected chi connectivity index (χ3v) is 6.51. The molecule has 0 radical (unpaired) electrons. The van der Waals surface area contributed by atoms with Crippen LogP contribution in [-0.2, 0) is 12.8 Å². The lowest BCUT2D eigenvalue weighted by molar-refractivity contribution is 0.846. The summed E-state index contributed by atoms with van der Waals surface area (Å²) in [4.78, 5) is 2.38. The van der Waals surface area contributed by atoms with Crippen molar-refractivity contribution in [1.82, 2.24) is 0 Å². The van der Waals surface area contributed by atoms with Crippen molar-refractivity contribution in [2.45, 2.75) is 25.7 Å². The van der Waals surface area contributed by atoms with Crippen LogP contribution in [0.15, 0.2) is 127 Å². The van der Waals surface area contributed by atoms with Gasteiger partial charge in [0.25, 0.3) is 0 Å². The second-order valence-electron chi connectivity index (χ2n) is 9.16. The van der Waals surface area contributed by atoms with Gasteiger partial charge in [-0.15, -0.1) is 0 Å². The molecule has 4 aromatic carbocycles. The Labute approximate surface area is 208 Å². The maximum Gasteiger partial charge on any atom is 0.0458 e. The molecule has 3 nitrogen and oxygen atoms in total. The molecule has 0 saturated carbocycles. The van der Waals surface area contributed by atoms with Gasteiger partial charge in [-0.1, -0.05) is 66.2 Å². The summed E-state index contributed by atoms with van der Waals surface area (Å²) >= 11 is 0. The van der Waals surface area contributed by atoms with Crippen LogP contribution in [0, 0.1) is 0 Å². The van der Waals surface area contributed by atoms with Gasteiger partial charge in [0.2, 0.25) is 0 Å². The lowest BCUT2D eigenvalue weighted by Gasteiger charge is -2.30. The van der Waals surface area contributed by atoms with Crippen LogP contribution in [0.25, 0.3) is 0 Å². The molecular weight excluding hydrogens is 426 g/mol. The minimum atomic E-state index is 0.800. The number of para-hydroxylation sites is 1. The summed E-state index contributed by atoms with van der Waals surface area (Å²) in [6.07, 6.45) is 8.49. The molecule has 1 aliphatic carbocycles. The molecule has 0 saturated heterocycles. The van der Waals surface area contributed by atoms with Crippen molar-refractivity contribution in [1.29, 1.82) is 0 Å². The van der Waals surface area contributed by atoms with Gasteiger partial charge >= 0.3 is 0 Å². The zero-order chi connectivity index (χ0) is 24.0. The van der Waals surface area contributed by atoms with Gasteiger partial charge in [-0.3, -0.25) is 0 Å². The van der Waals surface area contributed by atoms with E-state index in [2.05, 4.69) is 95.9 Å². The van der Waals surface area contributed by atoms with E-state index in [1.807, 2.05) is 24.3 Å². The summed E-state index contributed by atoms with van der Waals surface area (Å²) in [7, 11) is 0. The van der Waals surface area contributed by atoms with Crippen LogP contribution in [0.2, 0.25) is 0 Å². The number of hydrogen-bond acceptors (Lipinski definition) is 3. The van der Waals surface area contributed by atoms with E-state index in [1.165, 1.54) is 39.3 Å². The van der Waals surface area contributed by atoms with Crippen LogP contribution in [0.4, 0.5) is 22.7 Å². The van der Waals surface area contributed by atoms with Gasteiger partial charge in [-0.25, -0.2) is 0 Å². The van der Waals surface area contributed by atoms with Crippen LogP contribution in [0.5, 0.6) is 0 Å². The highest BCUT2D eigenvalue weighted by Gasteiger charge is 2.17. The highest BCUT2D eigenvalue weighted by molar-refractivity contribution is 5.69. The lowest BCUT2D eigenvalue weighted by Crippen LogP contribution is -2.18. The van der Waals surface area contributed by atoms with Crippen LogP contribution in [0.1, 0.15) is 29.5 Å². The molecule has 3 heteroatoms. The van der Waals surface area contributed by atoms with E-state index in [0.717, 1.165) is 37.1 Å². The fraction of sp³-hybridized carbons (Fsp3) is 0.125. The van der Waals surface area contributed by atoms with Crippen molar-refractivity contribution in [3.05, 3.63) is 143 Å². The molecule has 0 heterocycles. The molecule has 4 aromatic rings. The molecule has 0 atom stereocenters. The van der Waals surface area contributed by atoms with Crippen molar-refractivity contribution in [3.8, 4) is 0 Å². The van der Waals surface area contributed by atoms with E-state index in [0.29, 0.717) is 0 Å². The van der Waals surface area contributed by atoms with Crippen molar-refractivity contribution >= 4 is 22.7 Å². The maximum absolute atomic E-state index is 5.84. The van der Waals surface area contributed by atoms with E-state index in [1.54, 1.807) is 0 Å². The molecule has 0 fully saturated rings. The number of allylic oxidation sites excluding steroid dienone is 4. The SMILES string of the molecule is Nc1ccc(CC2=CC=C(N(c3ccccc3)c3ccc(Cc4ccc(N)cc4)cc3)CC2)cc1. The summed E-state index contributed by atoms with van der Waals surface area (Å²) in [5.41, 5.74) is 22.3. The first-order valence-electron chi connectivity index (χ1n) is 12.2. The van der Waals surface area contributed by atoms with Crippen LogP contribution >= 0.6 is 0 Å². The monoisotopic (exact) mass is 457 g/mol. The number of benzene rings is 4. The smallest absolute Gasteiger partial charge is 0.0458 e. The standard InChI is InChI=1S/C32H31N3/c33-28-14-6-24(7-15-28)22-26-10-18-31(19-11-26)35(30-4-2-1-3-5-30)32-20-12-27(13-21-32)23-25-8-16-29(34)17-9-25/h1-12,14-20H,13,21-23,33-34H2. The van der Waals surface area contributed by atoms with Gasteiger partial charge in [-0.2, -0.15) is 0 Å². The molecule has 0 amide bonds. The van der Waals surface area contributed by atoms with Gasteiger partial charge in [0, 0.05) is 28.4 Å². The summed E-state index contributed by atoms with van der Waals surface area (Å²) in [6.45, 7) is 0. The highest BCUT2D eigenvalue weighted by atomic mass is 15.1. The minimum absolute atomic E-state index is 0.800. The normalized spacial score (nSPS) is 13.1. The molecule has 35 heavy (non-hydrogen) atoms. The number of anilines is 4. The third kappa shape index (κ3) is 5.64. The van der Waals surface area contributed by atoms with Crippen LogP contribution < -0.4 is 16.4 Å². The Kier molecular flexibility index (Phi) is 6.67. The Balaban J connectivity index is 1.38. The first kappa shape index (κ1) is 22.5. The Hall–Kier alpha value is -4.24. The molecule has 0 aromatic heterocycles. The number of nitrogen functional groups attached to an aromatic ring is 2. The second kappa shape index (κ2) is 10.4. The predicted molar refractivity (Wildman–Crippen MR) is 149 cm³/mol. The molecule has 174 valence electrons. The zero-order valence-electron chi connectivity index (χ0n) is 19.9. The number of rotatable bonds is 7. The minimum Gasteiger partial charge on any atom is -0.399 e. The van der Waals surface area contributed by atoms with E-state index < -0.39 is 0 Å². The average Bonchev–Trinajstić information content (AvgIpc) is 2.90. The van der Waals surface area contributed by atoms with Crippen molar-refractivity contribution < 1.29 is 0 Å². The van der Waals surface area contributed by atoms with Crippen molar-refractivity contribution in [2.75, 3.05) is 16.4 Å². The first-order valence-corrected chi connectivity index (χ1v) is 12.2. The fourth-order valence-electron chi connectivity index (χ4n) is 4.59. The number of nitrogens with zero attached hydrogens (tertiary/aromatic N) is 1. The molecule has 5 rings (SSSR count). The fourth-order valence-corrected chi connectivity index (χ4v) is 4.59. The summed E-state index contributed by atoms with van der Waals surface area (Å²) < 4.78 is 0. The lowest BCUT2D eigenvalue weighted by atomic mass is 9.95.